The van der Waals surface area contributed by atoms with Gasteiger partial charge in [0.1, 0.15) is 12.2 Å². The second-order valence-electron chi connectivity index (χ2n) is 14.2. The van der Waals surface area contributed by atoms with Crippen LogP contribution in [0.5, 0.6) is 0 Å². The van der Waals surface area contributed by atoms with Crippen molar-refractivity contribution in [2.75, 3.05) is 0 Å². The quantitative estimate of drug-likeness (QED) is 0.412. The number of esters is 2. The highest BCUT2D eigenvalue weighted by atomic mass is 16.6. The highest BCUT2D eigenvalue weighted by molar-refractivity contribution is 5.94. The van der Waals surface area contributed by atoms with Gasteiger partial charge in [-0.25, -0.2) is 0 Å². The zero-order chi connectivity index (χ0) is 28.3. The van der Waals surface area contributed by atoms with Crippen LogP contribution in [0.15, 0.2) is 11.6 Å². The van der Waals surface area contributed by atoms with Crippen molar-refractivity contribution in [1.82, 2.24) is 0 Å². The van der Waals surface area contributed by atoms with Crippen LogP contribution in [0.3, 0.4) is 0 Å². The maximum absolute atomic E-state index is 13.2. The first-order valence-corrected chi connectivity index (χ1v) is 14.9. The summed E-state index contributed by atoms with van der Waals surface area (Å²) in [7, 11) is 0. The molecule has 0 amide bonds. The van der Waals surface area contributed by atoms with Gasteiger partial charge in [0.15, 0.2) is 5.78 Å². The summed E-state index contributed by atoms with van der Waals surface area (Å²) in [6, 6.07) is 0. The number of Topliss-reactive ketones (excluding diaryl/α,β-unsaturated/α-hetero) is 1. The van der Waals surface area contributed by atoms with E-state index in [2.05, 4.69) is 34.6 Å². The Morgan fingerprint density at radius 2 is 1.66 bits per heavy atom. The molecule has 10 atom stereocenters. The molecule has 0 aliphatic heterocycles. The number of ether oxygens (including phenoxy) is 2. The molecule has 0 bridgehead atoms. The van der Waals surface area contributed by atoms with Gasteiger partial charge in [0.2, 0.25) is 0 Å². The molecule has 0 heterocycles. The van der Waals surface area contributed by atoms with Gasteiger partial charge < -0.3 is 14.6 Å². The lowest BCUT2D eigenvalue weighted by molar-refractivity contribution is -0.229. The maximum Gasteiger partial charge on any atom is 0.309 e. The third-order valence-electron chi connectivity index (χ3n) is 11.9. The van der Waals surface area contributed by atoms with Crippen molar-refractivity contribution in [2.24, 2.45) is 39.4 Å². The summed E-state index contributed by atoms with van der Waals surface area (Å²) in [5.74, 6) is 0.131. The molecule has 0 aromatic carbocycles. The first kappa shape index (κ1) is 29.3. The predicted octanol–water partition coefficient (Wildman–Crippen LogP) is 6.19. The highest BCUT2D eigenvalue weighted by Gasteiger charge is 2.67. The molecule has 6 nitrogen and oxygen atoms in total. The maximum atomic E-state index is 13.2. The van der Waals surface area contributed by atoms with Crippen molar-refractivity contribution >= 4 is 17.7 Å². The van der Waals surface area contributed by atoms with E-state index in [1.807, 2.05) is 6.08 Å². The molecule has 0 unspecified atom stereocenters. The normalized spacial score (nSPS) is 45.0. The fraction of sp³-hybridized carbons (Fsp3) is 0.844. The van der Waals surface area contributed by atoms with Crippen LogP contribution in [0.2, 0.25) is 0 Å². The second-order valence-corrected chi connectivity index (χ2v) is 14.2. The summed E-state index contributed by atoms with van der Waals surface area (Å²) in [6.07, 6.45) is 8.57. The zero-order valence-electron chi connectivity index (χ0n) is 24.9. The monoisotopic (exact) mass is 530 g/mol. The lowest BCUT2D eigenvalue weighted by atomic mass is 9.35. The van der Waals surface area contributed by atoms with Crippen molar-refractivity contribution < 1.29 is 29.0 Å². The second kappa shape index (κ2) is 10.1. The van der Waals surface area contributed by atoms with Crippen LogP contribution in [0.4, 0.5) is 0 Å². The summed E-state index contributed by atoms with van der Waals surface area (Å²) in [5.41, 5.74) is 0.297. The van der Waals surface area contributed by atoms with Crippen molar-refractivity contribution in [3.63, 3.8) is 0 Å². The van der Waals surface area contributed by atoms with Crippen LogP contribution in [0.1, 0.15) is 113 Å². The summed E-state index contributed by atoms with van der Waals surface area (Å²) < 4.78 is 11.5. The topological polar surface area (TPSA) is 89.9 Å². The summed E-state index contributed by atoms with van der Waals surface area (Å²) in [5, 5.41) is 11.1. The first-order chi connectivity index (χ1) is 17.6. The largest absolute Gasteiger partial charge is 0.462 e. The first-order valence-electron chi connectivity index (χ1n) is 14.9. The van der Waals surface area contributed by atoms with Gasteiger partial charge in [-0.3, -0.25) is 14.4 Å². The number of fused-ring (bicyclic) bond motifs is 5. The minimum absolute atomic E-state index is 0.00152. The van der Waals surface area contributed by atoms with Crippen molar-refractivity contribution in [2.45, 2.75) is 131 Å². The molecular formula is C32H50O6. The van der Waals surface area contributed by atoms with E-state index in [4.69, 9.17) is 9.47 Å². The van der Waals surface area contributed by atoms with E-state index in [0.29, 0.717) is 29.2 Å². The third kappa shape index (κ3) is 4.67. The highest BCUT2D eigenvalue weighted by Crippen LogP contribution is 2.72. The van der Waals surface area contributed by atoms with Crippen LogP contribution in [-0.2, 0) is 23.9 Å². The van der Waals surface area contributed by atoms with E-state index < -0.39 is 29.7 Å². The molecule has 3 saturated carbocycles. The van der Waals surface area contributed by atoms with Gasteiger partial charge in [0.05, 0.1) is 12.5 Å². The molecular weight excluding hydrogens is 480 g/mol. The third-order valence-corrected chi connectivity index (χ3v) is 11.9. The minimum atomic E-state index is -0.792. The smallest absolute Gasteiger partial charge is 0.309 e. The predicted molar refractivity (Wildman–Crippen MR) is 146 cm³/mol. The molecule has 0 radical (unpaired) electrons. The van der Waals surface area contributed by atoms with Gasteiger partial charge in [-0.15, -0.1) is 0 Å². The molecule has 38 heavy (non-hydrogen) atoms. The molecule has 3 fully saturated rings. The fourth-order valence-corrected chi connectivity index (χ4v) is 10.1. The van der Waals surface area contributed by atoms with Gasteiger partial charge in [0.25, 0.3) is 0 Å². The molecule has 1 N–H and O–H groups in total. The van der Waals surface area contributed by atoms with Crippen LogP contribution < -0.4 is 0 Å². The Morgan fingerprint density at radius 3 is 2.26 bits per heavy atom. The summed E-state index contributed by atoms with van der Waals surface area (Å²) in [6.45, 7) is 16.4. The van der Waals surface area contributed by atoms with Gasteiger partial charge in [-0.05, 0) is 86.4 Å². The van der Waals surface area contributed by atoms with Gasteiger partial charge in [0, 0.05) is 17.9 Å². The minimum Gasteiger partial charge on any atom is -0.462 e. The molecule has 214 valence electrons. The Balaban J connectivity index is 1.75. The number of aliphatic hydroxyl groups is 1. The van der Waals surface area contributed by atoms with Crippen LogP contribution >= 0.6 is 0 Å². The lowest BCUT2D eigenvalue weighted by Crippen LogP contribution is -2.65. The van der Waals surface area contributed by atoms with E-state index in [-0.39, 0.29) is 34.9 Å². The molecule has 4 rings (SSSR count). The number of hydrogen-bond donors (Lipinski definition) is 1. The Kier molecular flexibility index (Phi) is 7.75. The zero-order valence-corrected chi connectivity index (χ0v) is 24.9. The van der Waals surface area contributed by atoms with Crippen LogP contribution in [0.25, 0.3) is 0 Å². The number of aliphatic hydroxyl groups excluding tert-OH is 1. The van der Waals surface area contributed by atoms with E-state index in [1.165, 1.54) is 46.0 Å². The lowest BCUT2D eigenvalue weighted by Gasteiger charge is -2.70. The van der Waals surface area contributed by atoms with E-state index in [0.717, 1.165) is 12.8 Å². The molecule has 4 aliphatic carbocycles. The van der Waals surface area contributed by atoms with Gasteiger partial charge in [-0.2, -0.15) is 0 Å². The van der Waals surface area contributed by atoms with E-state index >= 15 is 0 Å². The van der Waals surface area contributed by atoms with Crippen molar-refractivity contribution in [3.8, 4) is 0 Å². The van der Waals surface area contributed by atoms with Crippen molar-refractivity contribution in [3.05, 3.63) is 11.6 Å². The molecule has 4 aliphatic rings. The number of carbonyl (C=O) groups is 3. The SMILES string of the molecule is CC[C@@]1(C)CCC[C@]2(C)[C@H]3C[C@H](OC(=O)C[C@H](C)OC(C)=O)[C@]4(C)C=C(C(C)=O)[C@H](O)C[C@H]4[C@]3(C)CC[C@@H]12. The average Bonchev–Trinajstić information content (AvgIpc) is 2.80. The molecule has 6 heteroatoms. The molecule has 0 aromatic heterocycles. The van der Waals surface area contributed by atoms with Gasteiger partial charge in [-0.1, -0.05) is 53.5 Å². The average molecular weight is 531 g/mol. The fourth-order valence-electron chi connectivity index (χ4n) is 10.1. The Bertz CT molecular complexity index is 1000. The number of carbonyl (C=O) groups excluding carboxylic acids is 3. The number of hydrogen-bond acceptors (Lipinski definition) is 6. The van der Waals surface area contributed by atoms with E-state index in [1.54, 1.807) is 6.92 Å². The van der Waals surface area contributed by atoms with E-state index in [9.17, 15) is 19.5 Å². The molecule has 0 saturated heterocycles. The summed E-state index contributed by atoms with van der Waals surface area (Å²) >= 11 is 0. The van der Waals surface area contributed by atoms with Crippen LogP contribution in [-0.4, -0.2) is 41.1 Å². The Morgan fingerprint density at radius 1 is 1.00 bits per heavy atom. The van der Waals surface area contributed by atoms with Crippen LogP contribution in [0, 0.1) is 39.4 Å². The standard InChI is InChI=1S/C32H50O6/c1-9-29(5)12-10-13-30(6)24(29)11-14-31(7)25-16-23(35)22(20(3)33)18-32(25,8)27(17-26(30)31)38-28(36)15-19(2)37-21(4)34/h18-19,23-27,35H,9-17H2,1-8H3/t19-,23+,24-,25-,26+,27-,29-,30-,31-,32+/m0/s1. The number of ketones is 1. The van der Waals surface area contributed by atoms with Gasteiger partial charge >= 0.3 is 11.9 Å². The Hall–Kier alpha value is -1.69. The molecule has 0 spiro atoms. The summed E-state index contributed by atoms with van der Waals surface area (Å²) in [4.78, 5) is 37.1. The number of rotatable bonds is 6. The Labute approximate surface area is 229 Å². The van der Waals surface area contributed by atoms with Crippen molar-refractivity contribution in [1.29, 1.82) is 0 Å². The molecule has 0 aromatic rings.